The Bertz CT molecular complexity index is 1070. The third-order valence-electron chi connectivity index (χ3n) is 3.90. The third-order valence-corrected chi connectivity index (χ3v) is 4.14. The highest BCUT2D eigenvalue weighted by Crippen LogP contribution is 2.33. The van der Waals surface area contributed by atoms with E-state index in [0.717, 1.165) is 6.07 Å². The van der Waals surface area contributed by atoms with E-state index < -0.39 is 17.6 Å². The number of anilines is 1. The summed E-state index contributed by atoms with van der Waals surface area (Å²) in [6.07, 6.45) is -2.95. The Morgan fingerprint density at radius 3 is 2.68 bits per heavy atom. The molecule has 1 heterocycles. The van der Waals surface area contributed by atoms with Gasteiger partial charge in [0.25, 0.3) is 0 Å². The van der Waals surface area contributed by atoms with Gasteiger partial charge in [-0.3, -0.25) is 0 Å². The SMILES string of the molecule is CC(CC#Cc1ccc(Cl)cc1C(F)(F)F)Nc1ncnc2cc(F)ccc12. The molecule has 0 bridgehead atoms. The van der Waals surface area contributed by atoms with E-state index in [1.165, 1.54) is 30.6 Å². The van der Waals surface area contributed by atoms with E-state index in [4.69, 9.17) is 11.6 Å². The second kappa shape index (κ2) is 8.03. The summed E-state index contributed by atoms with van der Waals surface area (Å²) in [5.41, 5.74) is -0.546. The van der Waals surface area contributed by atoms with Crippen molar-refractivity contribution >= 4 is 28.3 Å². The zero-order valence-corrected chi connectivity index (χ0v) is 15.4. The van der Waals surface area contributed by atoms with Crippen LogP contribution >= 0.6 is 11.6 Å². The highest BCUT2D eigenvalue weighted by molar-refractivity contribution is 6.30. The van der Waals surface area contributed by atoms with E-state index in [0.29, 0.717) is 16.7 Å². The molecule has 0 spiro atoms. The lowest BCUT2D eigenvalue weighted by Gasteiger charge is -2.13. The number of nitrogens with zero attached hydrogens (tertiary/aromatic N) is 2. The summed E-state index contributed by atoms with van der Waals surface area (Å²) in [5.74, 6) is 5.41. The summed E-state index contributed by atoms with van der Waals surface area (Å²) < 4.78 is 52.6. The number of aromatic nitrogens is 2. The van der Waals surface area contributed by atoms with Gasteiger partial charge in [0, 0.05) is 34.5 Å². The first kappa shape index (κ1) is 19.9. The highest BCUT2D eigenvalue weighted by atomic mass is 35.5. The molecule has 0 aliphatic carbocycles. The van der Waals surface area contributed by atoms with Crippen molar-refractivity contribution in [3.8, 4) is 11.8 Å². The molecule has 1 aromatic heterocycles. The molecule has 0 fully saturated rings. The summed E-state index contributed by atoms with van der Waals surface area (Å²) in [7, 11) is 0. The number of halogens is 5. The van der Waals surface area contributed by atoms with Crippen LogP contribution in [-0.2, 0) is 6.18 Å². The summed E-state index contributed by atoms with van der Waals surface area (Å²) >= 11 is 5.66. The molecule has 3 nitrogen and oxygen atoms in total. The maximum atomic E-state index is 13.3. The van der Waals surface area contributed by atoms with Gasteiger partial charge in [0.1, 0.15) is 18.0 Å². The van der Waals surface area contributed by atoms with Crippen LogP contribution in [0.25, 0.3) is 10.9 Å². The molecule has 28 heavy (non-hydrogen) atoms. The van der Waals surface area contributed by atoms with Crippen LogP contribution < -0.4 is 5.32 Å². The molecule has 1 atom stereocenters. The molecule has 8 heteroatoms. The Hall–Kier alpha value is -2.85. The summed E-state index contributed by atoms with van der Waals surface area (Å²) in [5, 5.41) is 3.76. The van der Waals surface area contributed by atoms with E-state index in [9.17, 15) is 17.6 Å². The number of nitrogens with one attached hydrogen (secondary N) is 1. The van der Waals surface area contributed by atoms with Crippen LogP contribution in [0.3, 0.4) is 0 Å². The summed E-state index contributed by atoms with van der Waals surface area (Å²) in [6.45, 7) is 1.82. The number of hydrogen-bond acceptors (Lipinski definition) is 3. The predicted octanol–water partition coefficient (Wildman–Crippen LogP) is 5.68. The van der Waals surface area contributed by atoms with Crippen LogP contribution in [0.4, 0.5) is 23.4 Å². The number of hydrogen-bond donors (Lipinski definition) is 1. The minimum atomic E-state index is -4.53. The van der Waals surface area contributed by atoms with E-state index in [1.807, 2.05) is 6.92 Å². The molecular formula is C20H14ClF4N3. The minimum absolute atomic E-state index is 0.0000129. The largest absolute Gasteiger partial charge is 0.417 e. The van der Waals surface area contributed by atoms with E-state index in [-0.39, 0.29) is 23.0 Å². The number of alkyl halides is 3. The molecule has 0 amide bonds. The normalized spacial score (nSPS) is 12.4. The lowest BCUT2D eigenvalue weighted by molar-refractivity contribution is -0.137. The van der Waals surface area contributed by atoms with Crippen LogP contribution in [0.5, 0.6) is 0 Å². The lowest BCUT2D eigenvalue weighted by atomic mass is 10.1. The molecule has 3 rings (SSSR count). The molecule has 0 saturated carbocycles. The van der Waals surface area contributed by atoms with Gasteiger partial charge in [-0.15, -0.1) is 0 Å². The number of benzene rings is 2. The fourth-order valence-corrected chi connectivity index (χ4v) is 2.76. The zero-order valence-electron chi connectivity index (χ0n) is 14.6. The van der Waals surface area contributed by atoms with E-state index in [2.05, 4.69) is 27.1 Å². The Morgan fingerprint density at radius 2 is 1.93 bits per heavy atom. The van der Waals surface area contributed by atoms with Gasteiger partial charge < -0.3 is 5.32 Å². The molecule has 1 N–H and O–H groups in total. The van der Waals surface area contributed by atoms with Gasteiger partial charge in [-0.1, -0.05) is 23.4 Å². The fourth-order valence-electron chi connectivity index (χ4n) is 2.59. The Kier molecular flexibility index (Phi) is 5.71. The third kappa shape index (κ3) is 4.70. The standard InChI is InChI=1S/C20H14ClF4N3/c1-12(28-19-16-8-7-15(22)10-18(16)26-11-27-19)3-2-4-13-5-6-14(21)9-17(13)20(23,24)25/h5-12H,3H2,1H3,(H,26,27,28). The summed E-state index contributed by atoms with van der Waals surface area (Å²) in [6, 6.07) is 7.44. The average Bonchev–Trinajstić information content (AvgIpc) is 2.62. The van der Waals surface area contributed by atoms with Crippen molar-refractivity contribution in [2.75, 3.05) is 5.32 Å². The maximum absolute atomic E-state index is 13.3. The summed E-state index contributed by atoms with van der Waals surface area (Å²) in [4.78, 5) is 8.16. The van der Waals surface area contributed by atoms with Crippen molar-refractivity contribution < 1.29 is 17.6 Å². The Morgan fingerprint density at radius 1 is 1.14 bits per heavy atom. The molecule has 1 unspecified atom stereocenters. The van der Waals surface area contributed by atoms with Gasteiger partial charge in [0.05, 0.1) is 11.1 Å². The molecule has 0 radical (unpaired) electrons. The van der Waals surface area contributed by atoms with Crippen molar-refractivity contribution in [1.29, 1.82) is 0 Å². The minimum Gasteiger partial charge on any atom is -0.366 e. The molecule has 144 valence electrons. The van der Waals surface area contributed by atoms with E-state index >= 15 is 0 Å². The fraction of sp³-hybridized carbons (Fsp3) is 0.200. The van der Waals surface area contributed by atoms with E-state index in [1.54, 1.807) is 6.07 Å². The van der Waals surface area contributed by atoms with Crippen LogP contribution in [-0.4, -0.2) is 16.0 Å². The first-order chi connectivity index (χ1) is 13.2. The molecule has 0 aliphatic rings. The van der Waals surface area contributed by atoms with Crippen molar-refractivity contribution in [3.63, 3.8) is 0 Å². The van der Waals surface area contributed by atoms with Gasteiger partial charge >= 0.3 is 6.18 Å². The van der Waals surface area contributed by atoms with Crippen LogP contribution in [0.1, 0.15) is 24.5 Å². The monoisotopic (exact) mass is 407 g/mol. The smallest absolute Gasteiger partial charge is 0.366 e. The second-order valence-corrected chi connectivity index (χ2v) is 6.56. The van der Waals surface area contributed by atoms with Crippen molar-refractivity contribution in [2.24, 2.45) is 0 Å². The quantitative estimate of drug-likeness (QED) is 0.448. The zero-order chi connectivity index (χ0) is 20.3. The van der Waals surface area contributed by atoms with Gasteiger partial charge in [0.2, 0.25) is 0 Å². The predicted molar refractivity (Wildman–Crippen MR) is 101 cm³/mol. The molecule has 0 aliphatic heterocycles. The van der Waals surface area contributed by atoms with Crippen molar-refractivity contribution in [3.05, 3.63) is 64.7 Å². The first-order valence-electron chi connectivity index (χ1n) is 8.26. The Labute approximate surface area is 163 Å². The number of fused-ring (bicyclic) bond motifs is 1. The van der Waals surface area contributed by atoms with Crippen LogP contribution in [0.15, 0.2) is 42.7 Å². The molecular weight excluding hydrogens is 394 g/mol. The Balaban J connectivity index is 1.76. The van der Waals surface area contributed by atoms with Gasteiger partial charge in [-0.2, -0.15) is 13.2 Å². The number of rotatable bonds is 3. The average molecular weight is 408 g/mol. The second-order valence-electron chi connectivity index (χ2n) is 6.12. The van der Waals surface area contributed by atoms with Gasteiger partial charge in [-0.25, -0.2) is 14.4 Å². The maximum Gasteiger partial charge on any atom is 0.417 e. The molecule has 3 aromatic rings. The van der Waals surface area contributed by atoms with Gasteiger partial charge in [-0.05, 0) is 37.3 Å². The lowest BCUT2D eigenvalue weighted by Crippen LogP contribution is -2.15. The van der Waals surface area contributed by atoms with Crippen LogP contribution in [0, 0.1) is 17.7 Å². The van der Waals surface area contributed by atoms with Crippen LogP contribution in [0.2, 0.25) is 5.02 Å². The highest BCUT2D eigenvalue weighted by Gasteiger charge is 2.33. The molecule has 2 aromatic carbocycles. The first-order valence-corrected chi connectivity index (χ1v) is 8.64. The van der Waals surface area contributed by atoms with Gasteiger partial charge in [0.15, 0.2) is 0 Å². The molecule has 0 saturated heterocycles. The van der Waals surface area contributed by atoms with Crippen molar-refractivity contribution in [1.82, 2.24) is 9.97 Å². The van der Waals surface area contributed by atoms with Crippen molar-refractivity contribution in [2.45, 2.75) is 25.6 Å². The topological polar surface area (TPSA) is 37.8 Å².